The molecule has 2 aromatic rings. The Kier molecular flexibility index (Phi) is 6.06. The van der Waals surface area contributed by atoms with Gasteiger partial charge in [0.05, 0.1) is 0 Å². The summed E-state index contributed by atoms with van der Waals surface area (Å²) in [6, 6.07) is 12.3. The number of hydrogen-bond acceptors (Lipinski definition) is 2. The van der Waals surface area contributed by atoms with Crippen LogP contribution in [0, 0.1) is 11.7 Å². The lowest BCUT2D eigenvalue weighted by atomic mass is 9.86. The molecule has 6 heteroatoms. The van der Waals surface area contributed by atoms with E-state index in [1.807, 2.05) is 0 Å². The fraction of sp³-hybridized carbons (Fsp3) is 0.333. The molecule has 3 amide bonds. The summed E-state index contributed by atoms with van der Waals surface area (Å²) in [4.78, 5) is 24.6. The zero-order valence-electron chi connectivity index (χ0n) is 15.3. The molecule has 1 fully saturated rings. The molecule has 3 rings (SSSR count). The van der Waals surface area contributed by atoms with E-state index in [1.165, 1.54) is 24.6 Å². The molecule has 0 bridgehead atoms. The Balaban J connectivity index is 1.61. The number of hydrogen-bond donors (Lipinski definition) is 3. The Labute approximate surface area is 158 Å². The van der Waals surface area contributed by atoms with Crippen LogP contribution in [0.1, 0.15) is 43.0 Å². The number of rotatable bonds is 4. The van der Waals surface area contributed by atoms with Gasteiger partial charge in [-0.05, 0) is 55.2 Å². The molecule has 1 aliphatic carbocycles. The first-order valence-electron chi connectivity index (χ1n) is 9.26. The van der Waals surface area contributed by atoms with Crippen LogP contribution in [0.25, 0.3) is 0 Å². The minimum Gasteiger partial charge on any atom is -0.335 e. The fourth-order valence-corrected chi connectivity index (χ4v) is 3.37. The highest BCUT2D eigenvalue weighted by atomic mass is 19.1. The summed E-state index contributed by atoms with van der Waals surface area (Å²) < 4.78 is 13.2. The molecule has 0 spiro atoms. The summed E-state index contributed by atoms with van der Waals surface area (Å²) in [5.74, 6) is -0.324. The first-order chi connectivity index (χ1) is 13.0. The number of benzene rings is 2. The van der Waals surface area contributed by atoms with Crippen LogP contribution in [0.4, 0.5) is 20.6 Å². The van der Waals surface area contributed by atoms with Crippen molar-refractivity contribution in [2.45, 2.75) is 38.6 Å². The number of anilines is 2. The molecular weight excluding hydrogens is 345 g/mol. The van der Waals surface area contributed by atoms with Gasteiger partial charge in [-0.2, -0.15) is 0 Å². The molecule has 2 unspecified atom stereocenters. The maximum Gasteiger partial charge on any atom is 0.319 e. The molecule has 0 heterocycles. The highest BCUT2D eigenvalue weighted by molar-refractivity contribution is 6.05. The fourth-order valence-electron chi connectivity index (χ4n) is 3.37. The maximum atomic E-state index is 13.2. The summed E-state index contributed by atoms with van der Waals surface area (Å²) in [6.07, 6.45) is 4.46. The highest BCUT2D eigenvalue weighted by Gasteiger charge is 2.22. The average Bonchev–Trinajstić information content (AvgIpc) is 2.64. The summed E-state index contributed by atoms with van der Waals surface area (Å²) in [6.45, 7) is 2.15. The Hall–Kier alpha value is -2.89. The third-order valence-electron chi connectivity index (χ3n) is 4.89. The second kappa shape index (κ2) is 8.66. The Bertz CT molecular complexity index is 825. The highest BCUT2D eigenvalue weighted by Crippen LogP contribution is 2.24. The van der Waals surface area contributed by atoms with Gasteiger partial charge in [-0.25, -0.2) is 9.18 Å². The van der Waals surface area contributed by atoms with Gasteiger partial charge in [0.1, 0.15) is 5.82 Å². The number of halogens is 1. The van der Waals surface area contributed by atoms with Crippen LogP contribution in [-0.2, 0) is 0 Å². The number of carbonyl (C=O) groups excluding carboxylic acids is 2. The Morgan fingerprint density at radius 1 is 0.963 bits per heavy atom. The smallest absolute Gasteiger partial charge is 0.319 e. The maximum absolute atomic E-state index is 13.2. The van der Waals surface area contributed by atoms with Crippen molar-refractivity contribution in [2.75, 3.05) is 10.6 Å². The van der Waals surface area contributed by atoms with Crippen LogP contribution in [0.2, 0.25) is 0 Å². The van der Waals surface area contributed by atoms with Gasteiger partial charge in [0.15, 0.2) is 0 Å². The van der Waals surface area contributed by atoms with Crippen molar-refractivity contribution in [3.05, 3.63) is 59.9 Å². The predicted octanol–water partition coefficient (Wildman–Crippen LogP) is 4.78. The molecule has 2 atom stereocenters. The van der Waals surface area contributed by atoms with Crippen molar-refractivity contribution in [2.24, 2.45) is 5.92 Å². The first-order valence-corrected chi connectivity index (χ1v) is 9.26. The SMILES string of the molecule is CC1CCCCC1NC(=O)Nc1cccc(C(=O)Nc2cccc(F)c2)c1. The summed E-state index contributed by atoms with van der Waals surface area (Å²) in [7, 11) is 0. The van der Waals surface area contributed by atoms with E-state index in [1.54, 1.807) is 30.3 Å². The molecular formula is C21H24FN3O2. The van der Waals surface area contributed by atoms with E-state index in [0.717, 1.165) is 19.3 Å². The third-order valence-corrected chi connectivity index (χ3v) is 4.89. The van der Waals surface area contributed by atoms with Crippen molar-refractivity contribution in [3.8, 4) is 0 Å². The van der Waals surface area contributed by atoms with E-state index in [4.69, 9.17) is 0 Å². The molecule has 27 heavy (non-hydrogen) atoms. The van der Waals surface area contributed by atoms with Crippen molar-refractivity contribution in [1.29, 1.82) is 0 Å². The van der Waals surface area contributed by atoms with Crippen molar-refractivity contribution in [3.63, 3.8) is 0 Å². The molecule has 0 saturated heterocycles. The Morgan fingerprint density at radius 3 is 2.41 bits per heavy atom. The normalized spacial score (nSPS) is 19.2. The van der Waals surface area contributed by atoms with Gasteiger partial charge in [-0.3, -0.25) is 4.79 Å². The quantitative estimate of drug-likeness (QED) is 0.726. The third kappa shape index (κ3) is 5.29. The lowest BCUT2D eigenvalue weighted by Gasteiger charge is -2.29. The van der Waals surface area contributed by atoms with E-state index in [0.29, 0.717) is 22.9 Å². The van der Waals surface area contributed by atoms with Crippen molar-refractivity contribution in [1.82, 2.24) is 5.32 Å². The molecule has 0 aliphatic heterocycles. The van der Waals surface area contributed by atoms with E-state index < -0.39 is 5.82 Å². The van der Waals surface area contributed by atoms with Gasteiger partial charge < -0.3 is 16.0 Å². The minimum atomic E-state index is -0.420. The second-order valence-corrected chi connectivity index (χ2v) is 7.01. The lowest BCUT2D eigenvalue weighted by Crippen LogP contribution is -2.43. The number of carbonyl (C=O) groups is 2. The van der Waals surface area contributed by atoms with E-state index in [-0.39, 0.29) is 18.0 Å². The topological polar surface area (TPSA) is 70.2 Å². The van der Waals surface area contributed by atoms with E-state index in [9.17, 15) is 14.0 Å². The molecule has 142 valence electrons. The van der Waals surface area contributed by atoms with Crippen LogP contribution in [-0.4, -0.2) is 18.0 Å². The standard InChI is InChI=1S/C21H24FN3O2/c1-14-6-2-3-11-19(14)25-21(27)24-17-9-4-7-15(12-17)20(26)23-18-10-5-8-16(22)13-18/h4-5,7-10,12-14,19H,2-3,6,11H2,1H3,(H,23,26)(H2,24,25,27). The van der Waals surface area contributed by atoms with Gasteiger partial charge in [0.2, 0.25) is 0 Å². The Morgan fingerprint density at radius 2 is 1.67 bits per heavy atom. The van der Waals surface area contributed by atoms with Crippen LogP contribution < -0.4 is 16.0 Å². The molecule has 0 aromatic heterocycles. The van der Waals surface area contributed by atoms with Gasteiger partial charge >= 0.3 is 6.03 Å². The minimum absolute atomic E-state index is 0.179. The van der Waals surface area contributed by atoms with Crippen molar-refractivity contribution >= 4 is 23.3 Å². The molecule has 3 N–H and O–H groups in total. The van der Waals surface area contributed by atoms with Gasteiger partial charge in [-0.1, -0.05) is 31.9 Å². The van der Waals surface area contributed by atoms with Gasteiger partial charge in [0.25, 0.3) is 5.91 Å². The van der Waals surface area contributed by atoms with Crippen molar-refractivity contribution < 1.29 is 14.0 Å². The summed E-state index contributed by atoms with van der Waals surface area (Å²) >= 11 is 0. The molecule has 5 nitrogen and oxygen atoms in total. The molecule has 1 saturated carbocycles. The zero-order valence-corrected chi connectivity index (χ0v) is 15.3. The largest absolute Gasteiger partial charge is 0.335 e. The molecule has 0 radical (unpaired) electrons. The summed E-state index contributed by atoms with van der Waals surface area (Å²) in [5, 5.41) is 8.45. The number of nitrogens with one attached hydrogen (secondary N) is 3. The van der Waals surface area contributed by atoms with Crippen LogP contribution >= 0.6 is 0 Å². The van der Waals surface area contributed by atoms with E-state index >= 15 is 0 Å². The van der Waals surface area contributed by atoms with Gasteiger partial charge in [0, 0.05) is 23.0 Å². The lowest BCUT2D eigenvalue weighted by molar-refractivity contribution is 0.102. The summed E-state index contributed by atoms with van der Waals surface area (Å²) in [5.41, 5.74) is 1.29. The first kappa shape index (κ1) is 18.9. The average molecular weight is 369 g/mol. The van der Waals surface area contributed by atoms with Crippen LogP contribution in [0.15, 0.2) is 48.5 Å². The predicted molar refractivity (Wildman–Crippen MR) is 104 cm³/mol. The zero-order chi connectivity index (χ0) is 19.2. The van der Waals surface area contributed by atoms with E-state index in [2.05, 4.69) is 22.9 Å². The second-order valence-electron chi connectivity index (χ2n) is 7.01. The molecule has 1 aliphatic rings. The molecule has 2 aromatic carbocycles. The van der Waals surface area contributed by atoms with Gasteiger partial charge in [-0.15, -0.1) is 0 Å². The number of urea groups is 1. The van der Waals surface area contributed by atoms with Crippen LogP contribution in [0.3, 0.4) is 0 Å². The monoisotopic (exact) mass is 369 g/mol. The van der Waals surface area contributed by atoms with Crippen LogP contribution in [0.5, 0.6) is 0 Å². The number of amides is 3.